The number of nitrogens with zero attached hydrogens (tertiary/aromatic N) is 1. The molecule has 1 rings (SSSR count). The van der Waals surface area contributed by atoms with Crippen molar-refractivity contribution in [3.05, 3.63) is 39.0 Å². The molecule has 0 saturated heterocycles. The molecule has 86 valence electrons. The van der Waals surface area contributed by atoms with Crippen LogP contribution in [0.3, 0.4) is 0 Å². The minimum Gasteiger partial charge on any atom is -0.496 e. The third-order valence-corrected chi connectivity index (χ3v) is 2.18. The summed E-state index contributed by atoms with van der Waals surface area (Å²) in [6.45, 7) is 0. The van der Waals surface area contributed by atoms with Gasteiger partial charge in [0.25, 0.3) is 0 Å². The van der Waals surface area contributed by atoms with Crippen LogP contribution in [0.25, 0.3) is 6.08 Å². The molecule has 0 amide bonds. The minimum atomic E-state index is -0.555. The molecule has 0 radical (unpaired) electrons. The molecule has 0 atom stereocenters. The Labute approximate surface area is 97.4 Å². The Hall–Kier alpha value is -1.75. The average molecular weight is 244 g/mol. The van der Waals surface area contributed by atoms with Gasteiger partial charge in [-0.15, -0.1) is 0 Å². The summed E-state index contributed by atoms with van der Waals surface area (Å²) in [5.74, 6) is 0.884. The van der Waals surface area contributed by atoms with Gasteiger partial charge in [0, 0.05) is 17.7 Å². The van der Waals surface area contributed by atoms with Crippen LogP contribution in [0.1, 0.15) is 5.56 Å². The number of halogens is 1. The van der Waals surface area contributed by atoms with Crippen LogP contribution in [0.15, 0.2) is 18.3 Å². The van der Waals surface area contributed by atoms with E-state index in [-0.39, 0.29) is 0 Å². The van der Waals surface area contributed by atoms with Crippen molar-refractivity contribution in [2.24, 2.45) is 0 Å². The van der Waals surface area contributed by atoms with Crippen molar-refractivity contribution in [1.82, 2.24) is 0 Å². The van der Waals surface area contributed by atoms with Gasteiger partial charge in [0.15, 0.2) is 0 Å². The zero-order chi connectivity index (χ0) is 12.1. The summed E-state index contributed by atoms with van der Waals surface area (Å²) in [6.07, 6.45) is 2.14. The maximum atomic E-state index is 10.2. The van der Waals surface area contributed by atoms with Crippen LogP contribution in [0.4, 0.5) is 0 Å². The van der Waals surface area contributed by atoms with E-state index in [0.717, 1.165) is 6.20 Å². The summed E-state index contributed by atoms with van der Waals surface area (Å²) in [4.78, 5) is 9.66. The number of rotatable bonds is 4. The van der Waals surface area contributed by atoms with Gasteiger partial charge in [-0.3, -0.25) is 10.1 Å². The molecular weight excluding hydrogens is 234 g/mol. The van der Waals surface area contributed by atoms with Gasteiger partial charge in [-0.25, -0.2) is 0 Å². The van der Waals surface area contributed by atoms with Crippen molar-refractivity contribution >= 4 is 17.7 Å². The van der Waals surface area contributed by atoms with Gasteiger partial charge in [0.2, 0.25) is 6.20 Å². The fraction of sp³-hybridized carbons (Fsp3) is 0.200. The van der Waals surface area contributed by atoms with Crippen LogP contribution in [0, 0.1) is 10.1 Å². The van der Waals surface area contributed by atoms with Crippen LogP contribution < -0.4 is 9.47 Å². The number of hydrogen-bond acceptors (Lipinski definition) is 4. The molecule has 16 heavy (non-hydrogen) atoms. The van der Waals surface area contributed by atoms with Gasteiger partial charge in [0.05, 0.1) is 24.2 Å². The number of methoxy groups -OCH3 is 2. The fourth-order valence-corrected chi connectivity index (χ4v) is 1.39. The third kappa shape index (κ3) is 2.87. The summed E-state index contributed by atoms with van der Waals surface area (Å²) in [5.41, 5.74) is 0.528. The van der Waals surface area contributed by atoms with Crippen molar-refractivity contribution in [3.63, 3.8) is 0 Å². The van der Waals surface area contributed by atoms with E-state index in [0.29, 0.717) is 22.1 Å². The maximum Gasteiger partial charge on any atom is 0.235 e. The quantitative estimate of drug-likeness (QED) is 0.602. The smallest absolute Gasteiger partial charge is 0.235 e. The number of ether oxygens (including phenoxy) is 2. The van der Waals surface area contributed by atoms with E-state index < -0.39 is 4.92 Å². The van der Waals surface area contributed by atoms with Gasteiger partial charge in [-0.2, -0.15) is 0 Å². The van der Waals surface area contributed by atoms with Crippen molar-refractivity contribution in [2.45, 2.75) is 0 Å². The first-order valence-corrected chi connectivity index (χ1v) is 4.69. The van der Waals surface area contributed by atoms with Crippen molar-refractivity contribution in [1.29, 1.82) is 0 Å². The Morgan fingerprint density at radius 2 is 1.94 bits per heavy atom. The highest BCUT2D eigenvalue weighted by atomic mass is 35.5. The van der Waals surface area contributed by atoms with Crippen LogP contribution in [-0.2, 0) is 0 Å². The van der Waals surface area contributed by atoms with Gasteiger partial charge < -0.3 is 9.47 Å². The molecule has 0 saturated carbocycles. The predicted molar refractivity (Wildman–Crippen MR) is 60.6 cm³/mol. The Kier molecular flexibility index (Phi) is 4.13. The summed E-state index contributed by atoms with van der Waals surface area (Å²) < 4.78 is 10.0. The molecule has 0 fully saturated rings. The number of hydrogen-bond donors (Lipinski definition) is 0. The van der Waals surface area contributed by atoms with E-state index in [9.17, 15) is 10.1 Å². The van der Waals surface area contributed by atoms with Gasteiger partial charge in [-0.05, 0) is 6.07 Å². The second-order valence-electron chi connectivity index (χ2n) is 2.83. The summed E-state index contributed by atoms with van der Waals surface area (Å²) in [6, 6.07) is 3.11. The largest absolute Gasteiger partial charge is 0.496 e. The normalized spacial score (nSPS) is 10.4. The average Bonchev–Trinajstić information content (AvgIpc) is 2.26. The molecule has 1 aromatic carbocycles. The highest BCUT2D eigenvalue weighted by Gasteiger charge is 2.08. The van der Waals surface area contributed by atoms with E-state index in [1.54, 1.807) is 12.1 Å². The first-order chi connectivity index (χ1) is 7.58. The lowest BCUT2D eigenvalue weighted by molar-refractivity contribution is -0.400. The number of nitro groups is 1. The monoisotopic (exact) mass is 243 g/mol. The molecule has 6 heteroatoms. The van der Waals surface area contributed by atoms with Gasteiger partial charge in [-0.1, -0.05) is 11.6 Å². The third-order valence-electron chi connectivity index (χ3n) is 1.88. The molecule has 1 aromatic rings. The highest BCUT2D eigenvalue weighted by Crippen LogP contribution is 2.33. The van der Waals surface area contributed by atoms with Crippen LogP contribution in [-0.4, -0.2) is 19.1 Å². The molecule has 5 nitrogen and oxygen atoms in total. The maximum absolute atomic E-state index is 10.2. The van der Waals surface area contributed by atoms with E-state index in [4.69, 9.17) is 21.1 Å². The van der Waals surface area contributed by atoms with E-state index in [2.05, 4.69) is 0 Å². The Bertz CT molecular complexity index is 431. The fourth-order valence-electron chi connectivity index (χ4n) is 1.16. The molecule has 0 heterocycles. The summed E-state index contributed by atoms with van der Waals surface area (Å²) in [5, 5.41) is 10.6. The zero-order valence-corrected chi connectivity index (χ0v) is 9.52. The van der Waals surface area contributed by atoms with E-state index in [1.807, 2.05) is 0 Å². The van der Waals surface area contributed by atoms with Crippen LogP contribution in [0.5, 0.6) is 11.5 Å². The number of benzene rings is 1. The summed E-state index contributed by atoms with van der Waals surface area (Å²) in [7, 11) is 2.93. The Morgan fingerprint density at radius 3 is 2.44 bits per heavy atom. The van der Waals surface area contributed by atoms with Gasteiger partial charge in [0.1, 0.15) is 11.5 Å². The standard InChI is InChI=1S/C10H10ClNO4/c1-15-9-6-8(11)10(16-2)5-7(9)3-4-12(13)14/h3-6H,1-2H3. The van der Waals surface area contributed by atoms with Crippen LogP contribution in [0.2, 0.25) is 5.02 Å². The topological polar surface area (TPSA) is 61.6 Å². The Morgan fingerprint density at radius 1 is 1.31 bits per heavy atom. The Balaban J connectivity index is 3.19. The van der Waals surface area contributed by atoms with Crippen molar-refractivity contribution in [2.75, 3.05) is 14.2 Å². The molecule has 0 aliphatic heterocycles. The van der Waals surface area contributed by atoms with Crippen LogP contribution >= 0.6 is 11.6 Å². The SMILES string of the molecule is COc1cc(C=C[N+](=O)[O-])c(OC)cc1Cl. The molecule has 0 spiro atoms. The first-order valence-electron chi connectivity index (χ1n) is 4.31. The molecule has 0 aliphatic carbocycles. The lowest BCUT2D eigenvalue weighted by atomic mass is 10.2. The molecular formula is C10H10ClNO4. The molecule has 0 aromatic heterocycles. The van der Waals surface area contributed by atoms with Crippen molar-refractivity contribution < 1.29 is 14.4 Å². The van der Waals surface area contributed by atoms with Gasteiger partial charge >= 0.3 is 0 Å². The van der Waals surface area contributed by atoms with Crippen molar-refractivity contribution in [3.8, 4) is 11.5 Å². The molecule has 0 aliphatic rings. The minimum absolute atomic E-state index is 0.387. The second-order valence-corrected chi connectivity index (χ2v) is 3.24. The summed E-state index contributed by atoms with van der Waals surface area (Å²) >= 11 is 5.88. The zero-order valence-electron chi connectivity index (χ0n) is 8.77. The molecule has 0 N–H and O–H groups in total. The lowest BCUT2D eigenvalue weighted by Gasteiger charge is -2.08. The van der Waals surface area contributed by atoms with E-state index >= 15 is 0 Å². The molecule has 0 bridgehead atoms. The molecule has 0 unspecified atom stereocenters. The second kappa shape index (κ2) is 5.37. The first kappa shape index (κ1) is 12.3. The lowest BCUT2D eigenvalue weighted by Crippen LogP contribution is -1.91. The highest BCUT2D eigenvalue weighted by molar-refractivity contribution is 6.32. The van der Waals surface area contributed by atoms with E-state index in [1.165, 1.54) is 20.3 Å². The predicted octanol–water partition coefficient (Wildman–Crippen LogP) is 2.60.